The van der Waals surface area contributed by atoms with Gasteiger partial charge >= 0.3 is 0 Å². The predicted octanol–water partition coefficient (Wildman–Crippen LogP) is 3.48. The molecule has 4 fully saturated rings. The van der Waals surface area contributed by atoms with Crippen molar-refractivity contribution in [2.75, 3.05) is 0 Å². The molecule has 2 saturated heterocycles. The lowest BCUT2D eigenvalue weighted by Gasteiger charge is -2.58. The van der Waals surface area contributed by atoms with Crippen LogP contribution in [0, 0.1) is 22.7 Å². The molecule has 8 nitrogen and oxygen atoms in total. The molecule has 194 valence electrons. The molecule has 4 N–H and O–H groups in total. The van der Waals surface area contributed by atoms with Gasteiger partial charge in [0.15, 0.2) is 11.6 Å². The summed E-state index contributed by atoms with van der Waals surface area (Å²) < 4.78 is 12.5. The molecule has 36 heavy (non-hydrogen) atoms. The molecule has 8 atom stereocenters. The third kappa shape index (κ3) is 2.19. The van der Waals surface area contributed by atoms with E-state index in [-0.39, 0.29) is 29.1 Å². The molecule has 0 aromatic carbocycles. The second-order valence-electron chi connectivity index (χ2n) is 11.3. The minimum absolute atomic E-state index is 0.0264. The number of ether oxygens (including phenoxy) is 2. The lowest BCUT2D eigenvalue weighted by molar-refractivity contribution is -0.451. The third-order valence-corrected chi connectivity index (χ3v) is 9.68. The maximum absolute atomic E-state index is 14.3. The number of allylic oxidation sites excluding steroid dienone is 6. The van der Waals surface area contributed by atoms with Gasteiger partial charge in [-0.05, 0) is 54.0 Å². The van der Waals surface area contributed by atoms with Crippen LogP contribution in [0.25, 0.3) is 0 Å². The molecule has 2 unspecified atom stereocenters. The molecule has 0 aromatic heterocycles. The highest BCUT2D eigenvalue weighted by molar-refractivity contribution is 6.08. The Hall–Kier alpha value is -2.52. The van der Waals surface area contributed by atoms with E-state index in [4.69, 9.17) is 9.47 Å². The Morgan fingerprint density at radius 1 is 0.944 bits per heavy atom. The molecule has 5 rings (SSSR count). The van der Waals surface area contributed by atoms with Crippen molar-refractivity contribution in [2.45, 2.75) is 77.2 Å². The van der Waals surface area contributed by atoms with Crippen LogP contribution in [0.1, 0.15) is 54.4 Å². The average molecular weight is 499 g/mol. The number of hydrogen-bond donors (Lipinski definition) is 4. The molecule has 0 spiro atoms. The van der Waals surface area contributed by atoms with E-state index in [1.807, 2.05) is 19.1 Å². The van der Waals surface area contributed by atoms with Crippen LogP contribution in [0.2, 0.25) is 0 Å². The molecular weight excluding hydrogens is 464 g/mol. The fourth-order valence-electron chi connectivity index (χ4n) is 8.16. The summed E-state index contributed by atoms with van der Waals surface area (Å²) >= 11 is 0. The van der Waals surface area contributed by atoms with Gasteiger partial charge in [0.05, 0.1) is 10.8 Å². The Balaban J connectivity index is 1.89. The van der Waals surface area contributed by atoms with Crippen LogP contribution in [0.5, 0.6) is 0 Å². The minimum atomic E-state index is -2.24. The summed E-state index contributed by atoms with van der Waals surface area (Å²) in [4.78, 5) is 28.0. The van der Waals surface area contributed by atoms with E-state index in [2.05, 4.69) is 0 Å². The summed E-state index contributed by atoms with van der Waals surface area (Å²) in [5.41, 5.74) is -7.18. The van der Waals surface area contributed by atoms with Crippen LogP contribution in [0.3, 0.4) is 0 Å². The van der Waals surface area contributed by atoms with E-state index >= 15 is 0 Å². The Labute approximate surface area is 210 Å². The largest absolute Gasteiger partial charge is 0.511 e. The number of ketones is 2. The second-order valence-corrected chi connectivity index (χ2v) is 11.3. The van der Waals surface area contributed by atoms with Crippen molar-refractivity contribution in [2.24, 2.45) is 22.7 Å². The van der Waals surface area contributed by atoms with E-state index in [0.717, 1.165) is 0 Å². The number of carbonyl (C=O) groups excluding carboxylic acids is 2. The number of aliphatic hydroxyl groups excluding tert-OH is 2. The van der Waals surface area contributed by atoms with Gasteiger partial charge in [-0.3, -0.25) is 9.59 Å². The summed E-state index contributed by atoms with van der Waals surface area (Å²) in [7, 11) is 0. The summed E-state index contributed by atoms with van der Waals surface area (Å²) in [6.07, 6.45) is 10.5. The number of aliphatic hydroxyl groups is 4. The highest BCUT2D eigenvalue weighted by Crippen LogP contribution is 2.84. The van der Waals surface area contributed by atoms with Crippen LogP contribution < -0.4 is 0 Å². The number of carbonyl (C=O) groups is 2. The predicted molar refractivity (Wildman–Crippen MR) is 129 cm³/mol. The zero-order valence-electron chi connectivity index (χ0n) is 21.5. The van der Waals surface area contributed by atoms with Gasteiger partial charge in [-0.15, -0.1) is 0 Å². The third-order valence-electron chi connectivity index (χ3n) is 9.68. The first-order valence-corrected chi connectivity index (χ1v) is 12.4. The first-order valence-electron chi connectivity index (χ1n) is 12.4. The van der Waals surface area contributed by atoms with Gasteiger partial charge in [0.1, 0.15) is 22.7 Å². The van der Waals surface area contributed by atoms with Gasteiger partial charge in [0.25, 0.3) is 0 Å². The molecule has 8 heteroatoms. The number of Topliss-reactive ketones (excluding diaryl/α,β-unsaturated/α-hetero) is 2. The van der Waals surface area contributed by atoms with Crippen LogP contribution in [0.15, 0.2) is 59.1 Å². The standard InChI is InChI=1S/C28H34O8/c1-7-9-11-13-15(29)17-19-23(3)22(32)18(16(30)14-12-10-8-2)20-24(4,21(17)31)28(34)25(19,5)35-27(23,33)26(20,6)36-28/h7-11,13,19-20,29,32-34H,12,14H2,1-6H3/b9-7+,10-8+,13-11+,17-15?/t19?,20?,23-,24-,25+,26+,27-,28-/m1/s1. The Morgan fingerprint density at radius 3 is 2.11 bits per heavy atom. The van der Waals surface area contributed by atoms with Gasteiger partial charge in [-0.25, -0.2) is 0 Å². The number of hydrogen-bond acceptors (Lipinski definition) is 8. The van der Waals surface area contributed by atoms with Crippen molar-refractivity contribution in [3.8, 4) is 0 Å². The topological polar surface area (TPSA) is 134 Å². The summed E-state index contributed by atoms with van der Waals surface area (Å²) in [5.74, 6) is -8.64. The molecule has 5 aliphatic rings. The van der Waals surface area contributed by atoms with Crippen molar-refractivity contribution < 1.29 is 39.5 Å². The van der Waals surface area contributed by atoms with E-state index < -0.39 is 57.0 Å². The van der Waals surface area contributed by atoms with Gasteiger partial charge in [-0.1, -0.05) is 30.4 Å². The van der Waals surface area contributed by atoms with Crippen LogP contribution in [-0.2, 0) is 19.1 Å². The fourth-order valence-corrected chi connectivity index (χ4v) is 8.16. The van der Waals surface area contributed by atoms with Crippen LogP contribution in [0.4, 0.5) is 0 Å². The van der Waals surface area contributed by atoms with Crippen molar-refractivity contribution in [1.29, 1.82) is 0 Å². The summed E-state index contributed by atoms with van der Waals surface area (Å²) in [5, 5.41) is 47.4. The van der Waals surface area contributed by atoms with Crippen molar-refractivity contribution in [3.05, 3.63) is 59.1 Å². The first kappa shape index (κ1) is 25.1. The maximum atomic E-state index is 14.3. The van der Waals surface area contributed by atoms with Crippen molar-refractivity contribution in [1.82, 2.24) is 0 Å². The Kier molecular flexibility index (Phi) is 4.94. The average Bonchev–Trinajstić information content (AvgIpc) is 3.12. The lowest BCUT2D eigenvalue weighted by atomic mass is 9.40. The van der Waals surface area contributed by atoms with E-state index in [1.54, 1.807) is 25.2 Å². The first-order chi connectivity index (χ1) is 16.7. The molecule has 0 radical (unpaired) electrons. The summed E-state index contributed by atoms with van der Waals surface area (Å²) in [6.45, 7) is 9.66. The molecule has 0 amide bonds. The minimum Gasteiger partial charge on any atom is -0.511 e. The SMILES string of the molecule is C/C=C/C=C/C(O)=C1C(=O)[C@@]2(C)C3C(C(=O)CC/C=C/C)=C(O)[C@@]4(C)C1[C@]1(C)O[C@@]4(O)[C@@]3(C)O[C@@]12O. The van der Waals surface area contributed by atoms with E-state index in [0.29, 0.717) is 6.42 Å². The van der Waals surface area contributed by atoms with Gasteiger partial charge in [0, 0.05) is 29.4 Å². The second kappa shape index (κ2) is 7.07. The van der Waals surface area contributed by atoms with Crippen LogP contribution >= 0.6 is 0 Å². The lowest BCUT2D eigenvalue weighted by Crippen LogP contribution is -2.72. The molecular formula is C28H34O8. The van der Waals surface area contributed by atoms with Gasteiger partial charge in [-0.2, -0.15) is 0 Å². The normalized spacial score (nSPS) is 50.1. The molecule has 2 saturated carbocycles. The number of rotatable bonds is 6. The zero-order valence-corrected chi connectivity index (χ0v) is 21.5. The monoisotopic (exact) mass is 498 g/mol. The fraction of sp³-hybridized carbons (Fsp3) is 0.571. The Morgan fingerprint density at radius 2 is 1.53 bits per heavy atom. The molecule has 3 aliphatic carbocycles. The Bertz CT molecular complexity index is 1240. The maximum Gasteiger partial charge on any atom is 0.210 e. The zero-order chi connectivity index (χ0) is 26.7. The van der Waals surface area contributed by atoms with Gasteiger partial charge in [0.2, 0.25) is 11.6 Å². The van der Waals surface area contributed by atoms with Crippen LogP contribution in [-0.4, -0.2) is 54.8 Å². The molecule has 0 aromatic rings. The molecule has 8 bridgehead atoms. The van der Waals surface area contributed by atoms with E-state index in [9.17, 15) is 30.0 Å². The smallest absolute Gasteiger partial charge is 0.210 e. The van der Waals surface area contributed by atoms with Crippen molar-refractivity contribution in [3.63, 3.8) is 0 Å². The highest BCUT2D eigenvalue weighted by atomic mass is 16.8. The van der Waals surface area contributed by atoms with Crippen molar-refractivity contribution >= 4 is 11.6 Å². The van der Waals surface area contributed by atoms with E-state index in [1.165, 1.54) is 33.8 Å². The molecule has 2 heterocycles. The molecule has 2 aliphatic heterocycles. The van der Waals surface area contributed by atoms with Gasteiger partial charge < -0.3 is 29.9 Å². The highest BCUT2D eigenvalue weighted by Gasteiger charge is 2.98. The quantitative estimate of drug-likeness (QED) is 0.189. The summed E-state index contributed by atoms with van der Waals surface area (Å²) in [6, 6.07) is 0.